The van der Waals surface area contributed by atoms with Gasteiger partial charge < -0.3 is 14.5 Å². The van der Waals surface area contributed by atoms with Gasteiger partial charge in [-0.2, -0.15) is 0 Å². The lowest BCUT2D eigenvalue weighted by molar-refractivity contribution is -0.121. The van der Waals surface area contributed by atoms with Gasteiger partial charge in [-0.15, -0.1) is 0 Å². The molecule has 162 valence electrons. The molecule has 0 atom stereocenters. The van der Waals surface area contributed by atoms with Crippen LogP contribution in [0.5, 0.6) is 0 Å². The topological polar surface area (TPSA) is 70.2 Å². The highest BCUT2D eigenvalue weighted by atomic mass is 35.5. The Morgan fingerprint density at radius 3 is 2.40 bits per heavy atom. The molecular formula is C22H28ClN3O4. The summed E-state index contributed by atoms with van der Waals surface area (Å²) in [5.41, 5.74) is 0.982. The smallest absolute Gasteiger partial charge is 0.338 e. The van der Waals surface area contributed by atoms with E-state index in [9.17, 15) is 14.4 Å². The number of carbonyl (C=O) groups is 3. The average Bonchev–Trinajstić information content (AvgIpc) is 2.96. The maximum absolute atomic E-state index is 13.1. The van der Waals surface area contributed by atoms with Crippen molar-refractivity contribution in [3.63, 3.8) is 0 Å². The molecule has 0 aliphatic carbocycles. The lowest BCUT2D eigenvalue weighted by Crippen LogP contribution is -2.43. The Morgan fingerprint density at radius 2 is 1.80 bits per heavy atom. The first-order chi connectivity index (χ1) is 14.3. The highest BCUT2D eigenvalue weighted by Gasteiger charge is 2.42. The van der Waals surface area contributed by atoms with E-state index in [0.29, 0.717) is 17.9 Å². The molecule has 1 saturated heterocycles. The Kier molecular flexibility index (Phi) is 7.15. The van der Waals surface area contributed by atoms with Gasteiger partial charge in [0.05, 0.1) is 17.9 Å². The molecular weight excluding hydrogens is 406 g/mol. The van der Waals surface area contributed by atoms with Crippen molar-refractivity contribution < 1.29 is 19.1 Å². The highest BCUT2D eigenvalue weighted by molar-refractivity contribution is 6.52. The van der Waals surface area contributed by atoms with Crippen molar-refractivity contribution in [3.05, 3.63) is 40.6 Å². The number of halogens is 1. The first kappa shape index (κ1) is 22.3. The summed E-state index contributed by atoms with van der Waals surface area (Å²) in [5, 5.41) is -0.0653. The van der Waals surface area contributed by atoms with Gasteiger partial charge in [-0.1, -0.05) is 24.9 Å². The van der Waals surface area contributed by atoms with Gasteiger partial charge in [-0.25, -0.2) is 9.69 Å². The summed E-state index contributed by atoms with van der Waals surface area (Å²) in [5.74, 6) is -1.41. The number of ether oxygens (including phenoxy) is 1. The monoisotopic (exact) mass is 433 g/mol. The van der Waals surface area contributed by atoms with E-state index >= 15 is 0 Å². The number of carbonyl (C=O) groups excluding carboxylic acids is 3. The zero-order valence-corrected chi connectivity index (χ0v) is 18.4. The number of benzene rings is 1. The number of rotatable bonds is 7. The van der Waals surface area contributed by atoms with E-state index < -0.39 is 17.8 Å². The van der Waals surface area contributed by atoms with Crippen molar-refractivity contribution in [1.82, 2.24) is 9.80 Å². The second kappa shape index (κ2) is 9.62. The highest BCUT2D eigenvalue weighted by Crippen LogP contribution is 2.33. The summed E-state index contributed by atoms with van der Waals surface area (Å²) in [6.07, 6.45) is 3.54. The number of anilines is 1. The fourth-order valence-electron chi connectivity index (χ4n) is 3.74. The predicted octanol–water partition coefficient (Wildman–Crippen LogP) is 2.99. The molecule has 7 nitrogen and oxygen atoms in total. The molecule has 2 aliphatic rings. The van der Waals surface area contributed by atoms with Crippen LogP contribution in [0.2, 0.25) is 0 Å². The van der Waals surface area contributed by atoms with Gasteiger partial charge in [-0.3, -0.25) is 9.59 Å². The van der Waals surface area contributed by atoms with Crippen LogP contribution >= 0.6 is 11.6 Å². The molecule has 30 heavy (non-hydrogen) atoms. The molecule has 0 spiro atoms. The molecule has 1 fully saturated rings. The van der Waals surface area contributed by atoms with Gasteiger partial charge in [0, 0.05) is 13.1 Å². The molecule has 2 aliphatic heterocycles. The Bertz CT molecular complexity index is 844. The van der Waals surface area contributed by atoms with E-state index in [2.05, 4.69) is 11.9 Å². The van der Waals surface area contributed by atoms with Crippen LogP contribution in [0.4, 0.5) is 5.69 Å². The van der Waals surface area contributed by atoms with Gasteiger partial charge in [0.2, 0.25) is 0 Å². The van der Waals surface area contributed by atoms with Crippen molar-refractivity contribution in [2.45, 2.75) is 38.6 Å². The van der Waals surface area contributed by atoms with Crippen LogP contribution in [0.3, 0.4) is 0 Å². The first-order valence-corrected chi connectivity index (χ1v) is 10.7. The number of nitrogens with zero attached hydrogens (tertiary/aromatic N) is 3. The van der Waals surface area contributed by atoms with E-state index in [0.717, 1.165) is 43.7 Å². The molecule has 0 N–H and O–H groups in total. The van der Waals surface area contributed by atoms with Crippen molar-refractivity contribution in [2.75, 3.05) is 38.7 Å². The number of likely N-dealkylation sites (N-methyl/N-ethyl adjacent to an activating group) is 1. The van der Waals surface area contributed by atoms with Gasteiger partial charge >= 0.3 is 5.97 Å². The van der Waals surface area contributed by atoms with Crippen LogP contribution in [0.1, 0.15) is 43.0 Å². The summed E-state index contributed by atoms with van der Waals surface area (Å²) >= 11 is 6.30. The molecule has 0 bridgehead atoms. The number of hydrogen-bond donors (Lipinski definition) is 0. The Morgan fingerprint density at radius 1 is 1.17 bits per heavy atom. The molecule has 0 saturated carbocycles. The van der Waals surface area contributed by atoms with Gasteiger partial charge in [0.1, 0.15) is 10.7 Å². The summed E-state index contributed by atoms with van der Waals surface area (Å²) in [6, 6.07) is 6.39. The van der Waals surface area contributed by atoms with Crippen LogP contribution in [-0.2, 0) is 14.3 Å². The van der Waals surface area contributed by atoms with E-state index in [1.54, 1.807) is 24.3 Å². The third-order valence-corrected chi connectivity index (χ3v) is 6.03. The maximum Gasteiger partial charge on any atom is 0.338 e. The summed E-state index contributed by atoms with van der Waals surface area (Å²) < 4.78 is 5.19. The van der Waals surface area contributed by atoms with Crippen LogP contribution in [0.25, 0.3) is 0 Å². The summed E-state index contributed by atoms with van der Waals surface area (Å²) in [4.78, 5) is 43.0. The number of likely N-dealkylation sites (tertiary alicyclic amines) is 1. The van der Waals surface area contributed by atoms with Crippen molar-refractivity contribution in [2.24, 2.45) is 0 Å². The SMILES string of the molecule is CCCCOC(=O)c1ccc(N2C(=O)C(Cl)=C(N(C)C3CCN(C)CC3)C2=O)cc1. The van der Waals surface area contributed by atoms with Crippen molar-refractivity contribution in [1.29, 1.82) is 0 Å². The quantitative estimate of drug-likeness (QED) is 0.374. The van der Waals surface area contributed by atoms with Crippen molar-refractivity contribution in [3.8, 4) is 0 Å². The van der Waals surface area contributed by atoms with E-state index in [1.807, 2.05) is 18.9 Å². The van der Waals surface area contributed by atoms with E-state index in [4.69, 9.17) is 16.3 Å². The number of piperidine rings is 1. The third-order valence-electron chi connectivity index (χ3n) is 5.69. The molecule has 8 heteroatoms. The fourth-order valence-corrected chi connectivity index (χ4v) is 4.03. The summed E-state index contributed by atoms with van der Waals surface area (Å²) in [6.45, 7) is 4.25. The first-order valence-electron chi connectivity index (χ1n) is 10.3. The van der Waals surface area contributed by atoms with Crippen LogP contribution in [-0.4, -0.2) is 67.4 Å². The van der Waals surface area contributed by atoms with Crippen LogP contribution in [0, 0.1) is 0 Å². The summed E-state index contributed by atoms with van der Waals surface area (Å²) in [7, 11) is 3.88. The second-order valence-corrected chi connectivity index (χ2v) is 8.17. The lowest BCUT2D eigenvalue weighted by Gasteiger charge is -2.36. The van der Waals surface area contributed by atoms with Crippen LogP contribution < -0.4 is 4.90 Å². The normalized spacial score (nSPS) is 18.3. The van der Waals surface area contributed by atoms with E-state index in [-0.39, 0.29) is 16.8 Å². The lowest BCUT2D eigenvalue weighted by atomic mass is 10.0. The fraction of sp³-hybridized carbons (Fsp3) is 0.500. The van der Waals surface area contributed by atoms with Gasteiger partial charge in [0.15, 0.2) is 0 Å². The average molecular weight is 434 g/mol. The Labute approximate surface area is 182 Å². The zero-order chi connectivity index (χ0) is 21.8. The second-order valence-electron chi connectivity index (χ2n) is 7.79. The minimum absolute atomic E-state index is 0.0653. The molecule has 3 rings (SSSR count). The minimum atomic E-state index is -0.547. The molecule has 0 unspecified atom stereocenters. The minimum Gasteiger partial charge on any atom is -0.462 e. The number of hydrogen-bond acceptors (Lipinski definition) is 6. The molecule has 1 aromatic carbocycles. The van der Waals surface area contributed by atoms with Gasteiger partial charge in [-0.05, 0) is 63.7 Å². The standard InChI is InChI=1S/C22H28ClN3O4/c1-4-5-14-30-22(29)15-6-8-17(9-7-15)26-20(27)18(23)19(21(26)28)25(3)16-10-12-24(2)13-11-16/h6-9,16H,4-5,10-14H2,1-3H3. The molecule has 1 aromatic rings. The Balaban J connectivity index is 1.73. The largest absolute Gasteiger partial charge is 0.462 e. The molecule has 0 radical (unpaired) electrons. The van der Waals surface area contributed by atoms with E-state index in [1.165, 1.54) is 0 Å². The zero-order valence-electron chi connectivity index (χ0n) is 17.7. The third kappa shape index (κ3) is 4.52. The molecule has 0 aromatic heterocycles. The van der Waals surface area contributed by atoms with Crippen LogP contribution in [0.15, 0.2) is 35.0 Å². The molecule has 2 heterocycles. The number of esters is 1. The number of unbranched alkanes of at least 4 members (excludes halogenated alkanes) is 1. The maximum atomic E-state index is 13.1. The number of imide groups is 1. The Hall–Kier alpha value is -2.38. The van der Waals surface area contributed by atoms with Gasteiger partial charge in [0.25, 0.3) is 11.8 Å². The number of amides is 2. The molecule has 2 amide bonds. The van der Waals surface area contributed by atoms with Crippen molar-refractivity contribution >= 4 is 35.1 Å². The predicted molar refractivity (Wildman–Crippen MR) is 115 cm³/mol.